The Labute approximate surface area is 92.6 Å². The van der Waals surface area contributed by atoms with Crippen molar-refractivity contribution in [2.45, 2.75) is 45.6 Å². The van der Waals surface area contributed by atoms with Crippen LogP contribution in [0.15, 0.2) is 0 Å². The first-order chi connectivity index (χ1) is 7.15. The van der Waals surface area contributed by atoms with Crippen LogP contribution in [0.1, 0.15) is 39.5 Å². The molecular formula is C12H23NO2. The minimum atomic E-state index is -0.119. The summed E-state index contributed by atoms with van der Waals surface area (Å²) in [5, 5.41) is 3.49. The molecule has 1 fully saturated rings. The van der Waals surface area contributed by atoms with Crippen LogP contribution < -0.4 is 5.32 Å². The normalized spacial score (nSPS) is 28.5. The fourth-order valence-electron chi connectivity index (χ4n) is 2.23. The highest BCUT2D eigenvalue weighted by atomic mass is 16.5. The van der Waals surface area contributed by atoms with E-state index in [1.54, 1.807) is 0 Å². The van der Waals surface area contributed by atoms with Crippen molar-refractivity contribution in [3.63, 3.8) is 0 Å². The van der Waals surface area contributed by atoms with Gasteiger partial charge in [0.15, 0.2) is 0 Å². The molecule has 0 unspecified atom stereocenters. The van der Waals surface area contributed by atoms with Crippen LogP contribution in [0.5, 0.6) is 0 Å². The third kappa shape index (κ3) is 3.82. The smallest absolute Gasteiger partial charge is 0.309 e. The monoisotopic (exact) mass is 213 g/mol. The van der Waals surface area contributed by atoms with Crippen molar-refractivity contribution in [3.05, 3.63) is 0 Å². The maximum atomic E-state index is 11.2. The molecule has 0 aromatic heterocycles. The van der Waals surface area contributed by atoms with Crippen LogP contribution in [0, 0.1) is 11.8 Å². The summed E-state index contributed by atoms with van der Waals surface area (Å²) in [5.41, 5.74) is 0. The molecule has 1 N–H and O–H groups in total. The molecule has 0 radical (unpaired) electrons. The molecule has 1 rings (SSSR count). The van der Waals surface area contributed by atoms with E-state index in [-0.39, 0.29) is 11.9 Å². The maximum Gasteiger partial charge on any atom is 0.309 e. The lowest BCUT2D eigenvalue weighted by Crippen LogP contribution is -2.40. The maximum absolute atomic E-state index is 11.2. The summed E-state index contributed by atoms with van der Waals surface area (Å²) in [5.74, 6) is 0.582. The van der Waals surface area contributed by atoms with Gasteiger partial charge in [-0.3, -0.25) is 4.79 Å². The van der Waals surface area contributed by atoms with Crippen LogP contribution in [-0.4, -0.2) is 25.7 Å². The van der Waals surface area contributed by atoms with Crippen LogP contribution in [0.25, 0.3) is 0 Å². The number of nitrogens with one attached hydrogen (secondary N) is 1. The lowest BCUT2D eigenvalue weighted by Gasteiger charge is -2.30. The quantitative estimate of drug-likeness (QED) is 0.726. The number of hydrogen-bond acceptors (Lipinski definition) is 3. The number of esters is 1. The van der Waals surface area contributed by atoms with Gasteiger partial charge >= 0.3 is 5.97 Å². The number of rotatable bonds is 4. The number of carbonyl (C=O) groups is 1. The summed E-state index contributed by atoms with van der Waals surface area (Å²) in [6, 6.07) is 0.589. The molecule has 0 spiro atoms. The molecule has 3 heteroatoms. The largest absolute Gasteiger partial charge is 0.469 e. The van der Waals surface area contributed by atoms with E-state index in [1.165, 1.54) is 32.8 Å². The molecule has 88 valence electrons. The highest BCUT2D eigenvalue weighted by Gasteiger charge is 2.22. The molecular weight excluding hydrogens is 190 g/mol. The summed E-state index contributed by atoms with van der Waals surface area (Å²) in [6.07, 6.45) is 5.22. The van der Waals surface area contributed by atoms with Gasteiger partial charge in [-0.05, 0) is 18.8 Å². The van der Waals surface area contributed by atoms with Crippen molar-refractivity contribution >= 4 is 5.97 Å². The fourth-order valence-corrected chi connectivity index (χ4v) is 2.23. The standard InChI is InChI=1S/C12H23NO2/c1-9-6-4-5-7-11(9)13-8-10(2)12(14)15-3/h9-11,13H,4-8H2,1-3H3/t9-,10+,11-/m0/s1. The van der Waals surface area contributed by atoms with Crippen molar-refractivity contribution in [1.29, 1.82) is 0 Å². The number of carbonyl (C=O) groups excluding carboxylic acids is 1. The van der Waals surface area contributed by atoms with Gasteiger partial charge in [-0.15, -0.1) is 0 Å². The van der Waals surface area contributed by atoms with Gasteiger partial charge < -0.3 is 10.1 Å². The minimum Gasteiger partial charge on any atom is -0.469 e. The predicted octanol–water partition coefficient (Wildman–Crippen LogP) is 1.96. The third-order valence-corrected chi connectivity index (χ3v) is 3.40. The fraction of sp³-hybridized carbons (Fsp3) is 0.917. The summed E-state index contributed by atoms with van der Waals surface area (Å²) in [6.45, 7) is 4.94. The highest BCUT2D eigenvalue weighted by Crippen LogP contribution is 2.23. The average molecular weight is 213 g/mol. The molecule has 3 atom stereocenters. The van der Waals surface area contributed by atoms with Gasteiger partial charge in [-0.1, -0.05) is 26.7 Å². The number of hydrogen-bond donors (Lipinski definition) is 1. The summed E-state index contributed by atoms with van der Waals surface area (Å²) < 4.78 is 4.70. The Balaban J connectivity index is 2.26. The second kappa shape index (κ2) is 6.11. The van der Waals surface area contributed by atoms with E-state index in [9.17, 15) is 4.79 Å². The van der Waals surface area contributed by atoms with Crippen molar-refractivity contribution in [1.82, 2.24) is 5.32 Å². The van der Waals surface area contributed by atoms with Crippen molar-refractivity contribution in [2.24, 2.45) is 11.8 Å². The zero-order chi connectivity index (χ0) is 11.3. The molecule has 3 nitrogen and oxygen atoms in total. The van der Waals surface area contributed by atoms with Gasteiger partial charge in [-0.2, -0.15) is 0 Å². The van der Waals surface area contributed by atoms with Crippen LogP contribution in [-0.2, 0) is 9.53 Å². The van der Waals surface area contributed by atoms with Gasteiger partial charge in [0.05, 0.1) is 13.0 Å². The highest BCUT2D eigenvalue weighted by molar-refractivity contribution is 5.72. The average Bonchev–Trinajstić information content (AvgIpc) is 2.26. The zero-order valence-corrected chi connectivity index (χ0v) is 10.1. The van der Waals surface area contributed by atoms with E-state index in [0.29, 0.717) is 6.04 Å². The van der Waals surface area contributed by atoms with E-state index >= 15 is 0 Å². The SMILES string of the molecule is COC(=O)[C@H](C)CN[C@H]1CCCC[C@@H]1C. The van der Waals surface area contributed by atoms with Crippen molar-refractivity contribution in [3.8, 4) is 0 Å². The number of methoxy groups -OCH3 is 1. The predicted molar refractivity (Wildman–Crippen MR) is 60.6 cm³/mol. The number of ether oxygens (including phenoxy) is 1. The van der Waals surface area contributed by atoms with Crippen molar-refractivity contribution < 1.29 is 9.53 Å². The Bertz CT molecular complexity index is 206. The Morgan fingerprint density at radius 2 is 2.13 bits per heavy atom. The van der Waals surface area contributed by atoms with Gasteiger partial charge in [0.25, 0.3) is 0 Å². The summed E-state index contributed by atoms with van der Waals surface area (Å²) >= 11 is 0. The lowest BCUT2D eigenvalue weighted by atomic mass is 9.86. The van der Waals surface area contributed by atoms with E-state index in [1.807, 2.05) is 6.92 Å². The van der Waals surface area contributed by atoms with E-state index in [0.717, 1.165) is 12.5 Å². The van der Waals surface area contributed by atoms with Crippen LogP contribution >= 0.6 is 0 Å². The first kappa shape index (κ1) is 12.5. The summed E-state index contributed by atoms with van der Waals surface area (Å²) in [7, 11) is 1.45. The summed E-state index contributed by atoms with van der Waals surface area (Å²) in [4.78, 5) is 11.2. The van der Waals surface area contributed by atoms with E-state index in [4.69, 9.17) is 4.74 Å². The first-order valence-electron chi connectivity index (χ1n) is 5.96. The molecule has 0 aromatic carbocycles. The van der Waals surface area contributed by atoms with Crippen molar-refractivity contribution in [2.75, 3.05) is 13.7 Å². The van der Waals surface area contributed by atoms with Crippen LogP contribution in [0.4, 0.5) is 0 Å². The zero-order valence-electron chi connectivity index (χ0n) is 10.1. The van der Waals surface area contributed by atoms with Crippen LogP contribution in [0.3, 0.4) is 0 Å². The minimum absolute atomic E-state index is 0.0378. The molecule has 1 aliphatic carbocycles. The molecule has 0 bridgehead atoms. The Morgan fingerprint density at radius 3 is 2.73 bits per heavy atom. The molecule has 0 heterocycles. The molecule has 1 saturated carbocycles. The second-order valence-corrected chi connectivity index (χ2v) is 4.70. The topological polar surface area (TPSA) is 38.3 Å². The molecule has 0 saturated heterocycles. The van der Waals surface area contributed by atoms with Gasteiger partial charge in [0, 0.05) is 12.6 Å². The third-order valence-electron chi connectivity index (χ3n) is 3.40. The first-order valence-corrected chi connectivity index (χ1v) is 5.96. The van der Waals surface area contributed by atoms with E-state index in [2.05, 4.69) is 12.2 Å². The van der Waals surface area contributed by atoms with Crippen LogP contribution in [0.2, 0.25) is 0 Å². The van der Waals surface area contributed by atoms with Gasteiger partial charge in [-0.25, -0.2) is 0 Å². The van der Waals surface area contributed by atoms with E-state index < -0.39 is 0 Å². The molecule has 0 amide bonds. The molecule has 1 aliphatic rings. The molecule has 0 aliphatic heterocycles. The Kier molecular flexibility index (Phi) is 5.09. The Hall–Kier alpha value is -0.570. The second-order valence-electron chi connectivity index (χ2n) is 4.70. The molecule has 15 heavy (non-hydrogen) atoms. The Morgan fingerprint density at radius 1 is 1.47 bits per heavy atom. The molecule has 0 aromatic rings. The van der Waals surface area contributed by atoms with Gasteiger partial charge in [0.2, 0.25) is 0 Å². The lowest BCUT2D eigenvalue weighted by molar-refractivity contribution is -0.144. The van der Waals surface area contributed by atoms with Gasteiger partial charge in [0.1, 0.15) is 0 Å².